The van der Waals surface area contributed by atoms with Crippen LogP contribution in [-0.2, 0) is 6.42 Å². The first-order valence-corrected chi connectivity index (χ1v) is 8.73. The minimum atomic E-state index is -0.373. The zero-order valence-corrected chi connectivity index (χ0v) is 14.8. The molecule has 0 bridgehead atoms. The Labute approximate surface area is 156 Å². The van der Waals surface area contributed by atoms with Crippen LogP contribution in [0.2, 0.25) is 0 Å². The summed E-state index contributed by atoms with van der Waals surface area (Å²) in [6.07, 6.45) is 0.414. The lowest BCUT2D eigenvalue weighted by Gasteiger charge is -2.11. The zero-order valence-electron chi connectivity index (χ0n) is 14.8. The van der Waals surface area contributed by atoms with Gasteiger partial charge in [-0.25, -0.2) is 0 Å². The Balaban J connectivity index is 1.35. The molecule has 138 valence electrons. The Bertz CT molecular complexity index is 939. The number of ether oxygens (including phenoxy) is 2. The van der Waals surface area contributed by atoms with Gasteiger partial charge in [0, 0.05) is 6.54 Å². The maximum absolute atomic E-state index is 12.3. The topological polar surface area (TPSA) is 86.5 Å². The minimum absolute atomic E-state index is 0.0361. The van der Waals surface area contributed by atoms with Crippen LogP contribution in [0.4, 0.5) is 0 Å². The summed E-state index contributed by atoms with van der Waals surface area (Å²) >= 11 is 0. The molecule has 0 saturated heterocycles. The van der Waals surface area contributed by atoms with E-state index in [-0.39, 0.29) is 24.5 Å². The van der Waals surface area contributed by atoms with Gasteiger partial charge in [-0.15, -0.1) is 10.2 Å². The van der Waals surface area contributed by atoms with Crippen LogP contribution in [-0.4, -0.2) is 29.4 Å². The van der Waals surface area contributed by atoms with Gasteiger partial charge in [0.2, 0.25) is 12.7 Å². The number of aromatic nitrogens is 2. The van der Waals surface area contributed by atoms with Crippen LogP contribution >= 0.6 is 0 Å². The number of nitrogens with one attached hydrogen (secondary N) is 1. The van der Waals surface area contributed by atoms with Crippen molar-refractivity contribution in [3.05, 3.63) is 71.4 Å². The second-order valence-electron chi connectivity index (χ2n) is 6.39. The van der Waals surface area contributed by atoms with Gasteiger partial charge in [-0.2, -0.15) is 0 Å². The number of hydrogen-bond acceptors (Lipinski definition) is 6. The molecular formula is C20H19N3O4. The maximum Gasteiger partial charge on any atom is 0.308 e. The lowest BCUT2D eigenvalue weighted by atomic mass is 10.0. The highest BCUT2D eigenvalue weighted by atomic mass is 16.7. The molecule has 2 heterocycles. The summed E-state index contributed by atoms with van der Waals surface area (Å²) in [4.78, 5) is 12.3. The molecule has 2 aromatic carbocycles. The van der Waals surface area contributed by atoms with E-state index in [1.807, 2.05) is 48.5 Å². The minimum Gasteiger partial charge on any atom is -0.454 e. The van der Waals surface area contributed by atoms with E-state index < -0.39 is 0 Å². The molecule has 1 aromatic heterocycles. The van der Waals surface area contributed by atoms with E-state index in [2.05, 4.69) is 22.4 Å². The highest BCUT2D eigenvalue weighted by Crippen LogP contribution is 2.33. The Kier molecular flexibility index (Phi) is 4.74. The van der Waals surface area contributed by atoms with Crippen LogP contribution in [0.3, 0.4) is 0 Å². The number of amides is 1. The second kappa shape index (κ2) is 7.49. The van der Waals surface area contributed by atoms with Crippen LogP contribution in [0.5, 0.6) is 11.5 Å². The van der Waals surface area contributed by atoms with Gasteiger partial charge < -0.3 is 19.2 Å². The zero-order chi connectivity index (χ0) is 18.6. The van der Waals surface area contributed by atoms with Crippen LogP contribution in [0, 0.1) is 0 Å². The quantitative estimate of drug-likeness (QED) is 0.723. The molecule has 0 fully saturated rings. The van der Waals surface area contributed by atoms with Crippen molar-refractivity contribution in [2.45, 2.75) is 19.3 Å². The average molecular weight is 365 g/mol. The summed E-state index contributed by atoms with van der Waals surface area (Å²) < 4.78 is 16.1. The molecule has 0 spiro atoms. The molecular weight excluding hydrogens is 346 g/mol. The van der Waals surface area contributed by atoms with Crippen molar-refractivity contribution in [2.24, 2.45) is 0 Å². The molecule has 4 rings (SSSR count). The third-order valence-corrected chi connectivity index (χ3v) is 4.39. The fraction of sp³-hybridized carbons (Fsp3) is 0.250. The third kappa shape index (κ3) is 3.92. The molecule has 7 nitrogen and oxygen atoms in total. The molecule has 1 aliphatic rings. The molecule has 0 saturated carbocycles. The van der Waals surface area contributed by atoms with Crippen LogP contribution in [0.15, 0.2) is 52.9 Å². The summed E-state index contributed by atoms with van der Waals surface area (Å²) in [5.74, 6) is 1.56. The number of carbonyl (C=O) groups is 1. The van der Waals surface area contributed by atoms with Crippen molar-refractivity contribution in [2.75, 3.05) is 13.3 Å². The van der Waals surface area contributed by atoms with E-state index in [0.29, 0.717) is 24.6 Å². The molecule has 1 amide bonds. The van der Waals surface area contributed by atoms with Gasteiger partial charge in [0.05, 0.1) is 6.42 Å². The number of hydrogen-bond donors (Lipinski definition) is 1. The van der Waals surface area contributed by atoms with E-state index >= 15 is 0 Å². The summed E-state index contributed by atoms with van der Waals surface area (Å²) in [6.45, 7) is 2.77. The lowest BCUT2D eigenvalue weighted by Crippen LogP contribution is -2.27. The molecule has 7 heteroatoms. The van der Waals surface area contributed by atoms with Gasteiger partial charge in [0.15, 0.2) is 11.5 Å². The van der Waals surface area contributed by atoms with Crippen molar-refractivity contribution < 1.29 is 18.7 Å². The monoisotopic (exact) mass is 365 g/mol. The van der Waals surface area contributed by atoms with Crippen molar-refractivity contribution >= 4 is 5.91 Å². The Morgan fingerprint density at radius 3 is 2.78 bits per heavy atom. The highest BCUT2D eigenvalue weighted by molar-refractivity contribution is 5.89. The molecule has 1 atom stereocenters. The van der Waals surface area contributed by atoms with Gasteiger partial charge in [0.1, 0.15) is 0 Å². The first-order valence-electron chi connectivity index (χ1n) is 8.73. The average Bonchev–Trinajstić information content (AvgIpc) is 3.35. The summed E-state index contributed by atoms with van der Waals surface area (Å²) in [5.41, 5.74) is 2.10. The highest BCUT2D eigenvalue weighted by Gasteiger charge is 2.18. The largest absolute Gasteiger partial charge is 0.454 e. The van der Waals surface area contributed by atoms with E-state index in [1.165, 1.54) is 0 Å². The number of fused-ring (bicyclic) bond motifs is 1. The Hall–Kier alpha value is -3.35. The molecule has 3 aromatic rings. The Morgan fingerprint density at radius 2 is 1.93 bits per heavy atom. The van der Waals surface area contributed by atoms with E-state index in [0.717, 1.165) is 16.9 Å². The van der Waals surface area contributed by atoms with Crippen LogP contribution in [0.1, 0.15) is 40.5 Å². The molecule has 0 aliphatic carbocycles. The number of carbonyl (C=O) groups excluding carboxylic acids is 1. The van der Waals surface area contributed by atoms with Gasteiger partial charge in [0.25, 0.3) is 0 Å². The van der Waals surface area contributed by atoms with Crippen molar-refractivity contribution in [3.63, 3.8) is 0 Å². The van der Waals surface area contributed by atoms with E-state index in [1.54, 1.807) is 0 Å². The molecule has 27 heavy (non-hydrogen) atoms. The number of nitrogens with zero attached hydrogens (tertiary/aromatic N) is 2. The first kappa shape index (κ1) is 17.1. The van der Waals surface area contributed by atoms with Gasteiger partial charge in [-0.3, -0.25) is 4.79 Å². The third-order valence-electron chi connectivity index (χ3n) is 4.39. The van der Waals surface area contributed by atoms with Crippen LogP contribution < -0.4 is 14.8 Å². The summed E-state index contributed by atoms with van der Waals surface area (Å²) in [7, 11) is 0. The van der Waals surface area contributed by atoms with Crippen molar-refractivity contribution in [1.29, 1.82) is 0 Å². The Morgan fingerprint density at radius 1 is 1.11 bits per heavy atom. The summed E-state index contributed by atoms with van der Waals surface area (Å²) in [6, 6.07) is 15.6. The molecule has 1 N–H and O–H groups in total. The SMILES string of the molecule is CC(CNC(=O)c1nnc(Cc2ccc3c(c2)OCO3)o1)c1ccccc1. The van der Waals surface area contributed by atoms with E-state index in [4.69, 9.17) is 13.9 Å². The first-order chi connectivity index (χ1) is 13.2. The van der Waals surface area contributed by atoms with Crippen molar-refractivity contribution in [1.82, 2.24) is 15.5 Å². The molecule has 0 radical (unpaired) electrons. The van der Waals surface area contributed by atoms with Gasteiger partial charge >= 0.3 is 11.8 Å². The molecule has 1 unspecified atom stereocenters. The predicted octanol–water partition coefficient (Wildman–Crippen LogP) is 2.92. The maximum atomic E-state index is 12.3. The van der Waals surface area contributed by atoms with Crippen LogP contribution in [0.25, 0.3) is 0 Å². The standard InChI is InChI=1S/C20H19N3O4/c1-13(15-5-3-2-4-6-15)11-21-19(24)20-23-22-18(27-20)10-14-7-8-16-17(9-14)26-12-25-16/h2-9,13H,10-12H2,1H3,(H,21,24). The normalized spacial score (nSPS) is 13.4. The van der Waals surface area contributed by atoms with Gasteiger partial charge in [-0.05, 0) is 29.2 Å². The van der Waals surface area contributed by atoms with E-state index in [9.17, 15) is 4.79 Å². The fourth-order valence-corrected chi connectivity index (χ4v) is 2.86. The predicted molar refractivity (Wildman–Crippen MR) is 96.9 cm³/mol. The molecule has 1 aliphatic heterocycles. The summed E-state index contributed by atoms with van der Waals surface area (Å²) in [5, 5.41) is 10.6. The number of benzene rings is 2. The second-order valence-corrected chi connectivity index (χ2v) is 6.39. The number of rotatable bonds is 6. The lowest BCUT2D eigenvalue weighted by molar-refractivity contribution is 0.0915. The fourth-order valence-electron chi connectivity index (χ4n) is 2.86. The smallest absolute Gasteiger partial charge is 0.308 e. The van der Waals surface area contributed by atoms with Crippen molar-refractivity contribution in [3.8, 4) is 11.5 Å². The van der Waals surface area contributed by atoms with Gasteiger partial charge in [-0.1, -0.05) is 43.3 Å².